The maximum absolute atomic E-state index is 12.6. The molecule has 0 radical (unpaired) electrons. The third-order valence-corrected chi connectivity index (χ3v) is 6.11. The van der Waals surface area contributed by atoms with Crippen molar-refractivity contribution in [2.45, 2.75) is 58.8 Å². The molecule has 1 aliphatic rings. The lowest BCUT2D eigenvalue weighted by Crippen LogP contribution is -2.49. The average Bonchev–Trinajstić information content (AvgIpc) is 3.26. The van der Waals surface area contributed by atoms with Gasteiger partial charge in [0.25, 0.3) is 0 Å². The second kappa shape index (κ2) is 10.6. The van der Waals surface area contributed by atoms with Crippen molar-refractivity contribution in [1.82, 2.24) is 24.6 Å². The van der Waals surface area contributed by atoms with Crippen LogP contribution in [0.15, 0.2) is 36.5 Å². The van der Waals surface area contributed by atoms with Crippen LogP contribution >= 0.6 is 0 Å². The molecular weight excluding hydrogens is 400 g/mol. The van der Waals surface area contributed by atoms with Crippen molar-refractivity contribution in [3.8, 4) is 5.69 Å². The summed E-state index contributed by atoms with van der Waals surface area (Å²) in [7, 11) is 0. The normalized spacial score (nSPS) is 14.3. The van der Waals surface area contributed by atoms with Gasteiger partial charge in [-0.25, -0.2) is 14.6 Å². The first-order chi connectivity index (χ1) is 15.7. The molecule has 7 heteroatoms. The first-order valence-electron chi connectivity index (χ1n) is 12.0. The van der Waals surface area contributed by atoms with Gasteiger partial charge in [-0.15, -0.1) is 0 Å². The van der Waals surface area contributed by atoms with Crippen LogP contribution in [0, 0.1) is 0 Å². The van der Waals surface area contributed by atoms with E-state index in [1.807, 2.05) is 46.1 Å². The molecule has 3 heterocycles. The summed E-state index contributed by atoms with van der Waals surface area (Å²) < 4.78 is 1.90. The van der Waals surface area contributed by atoms with Crippen molar-refractivity contribution >= 4 is 22.8 Å². The number of aromatic nitrogens is 4. The number of hydrogen-bond donors (Lipinski definition) is 0. The van der Waals surface area contributed by atoms with Gasteiger partial charge in [-0.2, -0.15) is 5.10 Å². The van der Waals surface area contributed by atoms with Crippen LogP contribution in [0.25, 0.3) is 16.7 Å². The fourth-order valence-corrected chi connectivity index (χ4v) is 4.30. The summed E-state index contributed by atoms with van der Waals surface area (Å²) in [6.45, 7) is 7.40. The van der Waals surface area contributed by atoms with Crippen LogP contribution in [0.1, 0.15) is 58.2 Å². The monoisotopic (exact) mass is 434 g/mol. The molecule has 32 heavy (non-hydrogen) atoms. The van der Waals surface area contributed by atoms with Crippen LogP contribution in [-0.2, 0) is 11.2 Å². The molecule has 170 valence electrons. The number of nitrogens with zero attached hydrogens (tertiary/aromatic N) is 6. The Hall–Kier alpha value is -2.96. The lowest BCUT2D eigenvalue weighted by atomic mass is 10.1. The summed E-state index contributed by atoms with van der Waals surface area (Å²) in [5.74, 6) is 2.08. The van der Waals surface area contributed by atoms with E-state index in [0.29, 0.717) is 6.42 Å². The van der Waals surface area contributed by atoms with Crippen LogP contribution in [-0.4, -0.2) is 56.7 Å². The van der Waals surface area contributed by atoms with Gasteiger partial charge < -0.3 is 9.80 Å². The molecule has 7 nitrogen and oxygen atoms in total. The zero-order chi connectivity index (χ0) is 22.3. The molecule has 1 amide bonds. The topological polar surface area (TPSA) is 67.2 Å². The van der Waals surface area contributed by atoms with Crippen LogP contribution < -0.4 is 4.90 Å². The Balaban J connectivity index is 1.53. The molecule has 3 aromatic rings. The largest absolute Gasteiger partial charge is 0.352 e. The number of carbonyl (C=O) groups excluding carboxylic acids is 1. The van der Waals surface area contributed by atoms with E-state index in [1.165, 1.54) is 12.8 Å². The lowest BCUT2D eigenvalue weighted by Gasteiger charge is -2.35. The Morgan fingerprint density at radius 3 is 2.44 bits per heavy atom. The van der Waals surface area contributed by atoms with E-state index >= 15 is 0 Å². The maximum Gasteiger partial charge on any atom is 0.222 e. The highest BCUT2D eigenvalue weighted by Crippen LogP contribution is 2.27. The molecule has 0 saturated carbocycles. The highest BCUT2D eigenvalue weighted by Gasteiger charge is 2.24. The summed E-state index contributed by atoms with van der Waals surface area (Å²) in [4.78, 5) is 26.7. The molecule has 0 atom stereocenters. The second-order valence-electron chi connectivity index (χ2n) is 8.52. The number of hydrogen-bond acceptors (Lipinski definition) is 5. The van der Waals surface area contributed by atoms with Gasteiger partial charge in [0, 0.05) is 39.0 Å². The molecule has 0 spiro atoms. The van der Waals surface area contributed by atoms with Crippen molar-refractivity contribution in [2.75, 3.05) is 31.1 Å². The molecule has 1 aliphatic heterocycles. The number of amides is 1. The standard InChI is InChI=1S/C25H34N6O/c1-3-5-6-10-14-23(32)29-15-17-30(18-16-29)24-21-19-26-31(20-12-8-7-9-13-20)25(21)28-22(27-24)11-4-2/h7-9,12-13,19H,3-6,10-11,14-18H2,1-2H3. The molecule has 0 unspecified atom stereocenters. The Morgan fingerprint density at radius 2 is 1.72 bits per heavy atom. The number of aryl methyl sites for hydroxylation is 1. The van der Waals surface area contributed by atoms with E-state index in [-0.39, 0.29) is 5.91 Å². The van der Waals surface area contributed by atoms with E-state index in [1.54, 1.807) is 0 Å². The molecule has 0 aliphatic carbocycles. The summed E-state index contributed by atoms with van der Waals surface area (Å²) in [5.41, 5.74) is 1.84. The van der Waals surface area contributed by atoms with Crippen LogP contribution in [0.4, 0.5) is 5.82 Å². The van der Waals surface area contributed by atoms with Gasteiger partial charge in [0.05, 0.1) is 17.3 Å². The zero-order valence-electron chi connectivity index (χ0n) is 19.3. The first kappa shape index (κ1) is 22.2. The van der Waals surface area contributed by atoms with Gasteiger partial charge in [0.2, 0.25) is 5.91 Å². The maximum atomic E-state index is 12.6. The average molecular weight is 435 g/mol. The molecule has 2 aromatic heterocycles. The fourth-order valence-electron chi connectivity index (χ4n) is 4.30. The number of carbonyl (C=O) groups is 1. The minimum absolute atomic E-state index is 0.289. The summed E-state index contributed by atoms with van der Waals surface area (Å²) >= 11 is 0. The van der Waals surface area contributed by atoms with E-state index in [9.17, 15) is 4.79 Å². The number of anilines is 1. The van der Waals surface area contributed by atoms with Crippen molar-refractivity contribution in [3.63, 3.8) is 0 Å². The minimum Gasteiger partial charge on any atom is -0.352 e. The number of fused-ring (bicyclic) bond motifs is 1. The van der Waals surface area contributed by atoms with Gasteiger partial charge in [0.1, 0.15) is 11.6 Å². The number of rotatable bonds is 9. The van der Waals surface area contributed by atoms with Gasteiger partial charge >= 0.3 is 0 Å². The third kappa shape index (κ3) is 4.92. The molecule has 0 bridgehead atoms. The van der Waals surface area contributed by atoms with Crippen LogP contribution in [0.5, 0.6) is 0 Å². The SMILES string of the molecule is CCCCCCC(=O)N1CCN(c2nc(CCC)nc3c2cnn3-c2ccccc2)CC1. The quantitative estimate of drug-likeness (QED) is 0.467. The highest BCUT2D eigenvalue weighted by molar-refractivity contribution is 5.88. The van der Waals surface area contributed by atoms with Gasteiger partial charge in [-0.05, 0) is 25.0 Å². The predicted octanol–water partition coefficient (Wildman–Crippen LogP) is 4.39. The lowest BCUT2D eigenvalue weighted by molar-refractivity contribution is -0.131. The predicted molar refractivity (Wildman–Crippen MR) is 128 cm³/mol. The van der Waals surface area contributed by atoms with Crippen LogP contribution in [0.3, 0.4) is 0 Å². The van der Waals surface area contributed by atoms with Gasteiger partial charge in [-0.1, -0.05) is 51.3 Å². The zero-order valence-corrected chi connectivity index (χ0v) is 19.3. The highest BCUT2D eigenvalue weighted by atomic mass is 16.2. The Labute approximate surface area is 190 Å². The van der Waals surface area contributed by atoms with Crippen molar-refractivity contribution < 1.29 is 4.79 Å². The van der Waals surface area contributed by atoms with Crippen molar-refractivity contribution in [2.24, 2.45) is 0 Å². The second-order valence-corrected chi connectivity index (χ2v) is 8.52. The Bertz CT molecular complexity index is 1020. The van der Waals surface area contributed by atoms with Gasteiger partial charge in [-0.3, -0.25) is 4.79 Å². The van der Waals surface area contributed by atoms with E-state index in [0.717, 1.165) is 80.2 Å². The number of para-hydroxylation sites is 1. The molecule has 1 fully saturated rings. The van der Waals surface area contributed by atoms with Gasteiger partial charge in [0.15, 0.2) is 5.65 Å². The molecule has 4 rings (SSSR count). The van der Waals surface area contributed by atoms with Crippen LogP contribution in [0.2, 0.25) is 0 Å². The van der Waals surface area contributed by atoms with Crippen molar-refractivity contribution in [3.05, 3.63) is 42.4 Å². The summed E-state index contributed by atoms with van der Waals surface area (Å²) in [6, 6.07) is 10.1. The summed E-state index contributed by atoms with van der Waals surface area (Å²) in [6.07, 6.45) is 8.92. The van der Waals surface area contributed by atoms with Crippen molar-refractivity contribution in [1.29, 1.82) is 0 Å². The molecule has 1 saturated heterocycles. The Morgan fingerprint density at radius 1 is 0.938 bits per heavy atom. The molecule has 0 N–H and O–H groups in total. The van der Waals surface area contributed by atoms with E-state index in [4.69, 9.17) is 9.97 Å². The summed E-state index contributed by atoms with van der Waals surface area (Å²) in [5, 5.41) is 5.60. The van der Waals surface area contributed by atoms with E-state index in [2.05, 4.69) is 23.8 Å². The smallest absolute Gasteiger partial charge is 0.222 e. The Kier molecular flexibility index (Phi) is 7.35. The minimum atomic E-state index is 0.289. The first-order valence-corrected chi connectivity index (χ1v) is 12.0. The number of piperazine rings is 1. The number of benzene rings is 1. The molecule has 1 aromatic carbocycles. The fraction of sp³-hybridized carbons (Fsp3) is 0.520. The molecular formula is C25H34N6O. The van der Waals surface area contributed by atoms with E-state index < -0.39 is 0 Å². The third-order valence-electron chi connectivity index (χ3n) is 6.11. The number of unbranched alkanes of at least 4 members (excludes halogenated alkanes) is 3.